The number of carbonyl (C=O) groups excluding carboxylic acids is 1. The van der Waals surface area contributed by atoms with Crippen LogP contribution in [0.4, 0.5) is 4.79 Å². The smallest absolute Gasteiger partial charge is 0.315 e. The summed E-state index contributed by atoms with van der Waals surface area (Å²) in [5, 5.41) is 5.91. The van der Waals surface area contributed by atoms with Crippen LogP contribution in [0.2, 0.25) is 0 Å². The molecule has 0 unspecified atom stereocenters. The van der Waals surface area contributed by atoms with Crippen LogP contribution in [0.25, 0.3) is 0 Å². The van der Waals surface area contributed by atoms with Gasteiger partial charge in [0.2, 0.25) is 0 Å². The summed E-state index contributed by atoms with van der Waals surface area (Å²) in [5.41, 5.74) is 7.42. The maximum absolute atomic E-state index is 11.8. The van der Waals surface area contributed by atoms with Gasteiger partial charge >= 0.3 is 6.03 Å². The van der Waals surface area contributed by atoms with Crippen LogP contribution in [0.1, 0.15) is 43.2 Å². The van der Waals surface area contributed by atoms with Crippen LogP contribution in [0.5, 0.6) is 0 Å². The van der Waals surface area contributed by atoms with E-state index in [9.17, 15) is 4.79 Å². The zero-order valence-electron chi connectivity index (χ0n) is 11.5. The normalized spacial score (nSPS) is 15.6. The molecule has 1 fully saturated rings. The zero-order chi connectivity index (χ0) is 14.4. The number of hydrogen-bond acceptors (Lipinski definition) is 2. The number of hydrogen-bond donors (Lipinski definition) is 3. The number of rotatable bonds is 4. The molecule has 0 radical (unpaired) electrons. The lowest BCUT2D eigenvalue weighted by Gasteiger charge is -2.22. The van der Waals surface area contributed by atoms with Crippen molar-refractivity contribution >= 4 is 23.2 Å². The van der Waals surface area contributed by atoms with Gasteiger partial charge in [-0.3, -0.25) is 0 Å². The van der Waals surface area contributed by atoms with Crippen molar-refractivity contribution < 1.29 is 4.79 Å². The molecule has 0 saturated heterocycles. The predicted octanol–water partition coefficient (Wildman–Crippen LogP) is 2.45. The molecule has 0 atom stereocenters. The summed E-state index contributed by atoms with van der Waals surface area (Å²) in [4.78, 5) is 12.2. The number of nitrogens with one attached hydrogen (secondary N) is 2. The first kappa shape index (κ1) is 14.8. The maximum Gasteiger partial charge on any atom is 0.315 e. The van der Waals surface area contributed by atoms with Crippen molar-refractivity contribution in [2.24, 2.45) is 5.73 Å². The number of amides is 2. The Morgan fingerprint density at radius 1 is 1.20 bits per heavy atom. The molecular weight excluding hydrogens is 270 g/mol. The van der Waals surface area contributed by atoms with Gasteiger partial charge in [-0.1, -0.05) is 55.7 Å². The molecule has 0 aliphatic heterocycles. The lowest BCUT2D eigenvalue weighted by atomic mass is 9.96. The van der Waals surface area contributed by atoms with E-state index in [-0.39, 0.29) is 6.03 Å². The van der Waals surface area contributed by atoms with Crippen molar-refractivity contribution in [3.8, 4) is 0 Å². The maximum atomic E-state index is 11.8. The van der Waals surface area contributed by atoms with E-state index in [1.54, 1.807) is 0 Å². The van der Waals surface area contributed by atoms with E-state index in [1.807, 2.05) is 24.3 Å². The van der Waals surface area contributed by atoms with Crippen LogP contribution in [0.3, 0.4) is 0 Å². The first-order valence-corrected chi connectivity index (χ1v) is 7.49. The predicted molar refractivity (Wildman–Crippen MR) is 84.6 cm³/mol. The molecule has 0 spiro atoms. The van der Waals surface area contributed by atoms with Crippen molar-refractivity contribution in [1.82, 2.24) is 10.6 Å². The van der Waals surface area contributed by atoms with Crippen LogP contribution < -0.4 is 16.4 Å². The summed E-state index contributed by atoms with van der Waals surface area (Å²) in [6, 6.07) is 7.85. The molecule has 20 heavy (non-hydrogen) atoms. The number of benzene rings is 1. The molecule has 2 amide bonds. The monoisotopic (exact) mass is 291 g/mol. The fraction of sp³-hybridized carbons (Fsp3) is 0.467. The van der Waals surface area contributed by atoms with E-state index in [2.05, 4.69) is 10.6 Å². The molecule has 1 aliphatic rings. The highest BCUT2D eigenvalue weighted by atomic mass is 32.1. The summed E-state index contributed by atoms with van der Waals surface area (Å²) < 4.78 is 0. The average molecular weight is 291 g/mol. The summed E-state index contributed by atoms with van der Waals surface area (Å²) in [5.74, 6) is 0. The summed E-state index contributed by atoms with van der Waals surface area (Å²) in [6.45, 7) is 0.510. The summed E-state index contributed by atoms with van der Waals surface area (Å²) >= 11 is 4.90. The first-order valence-electron chi connectivity index (χ1n) is 7.08. The van der Waals surface area contributed by atoms with Gasteiger partial charge < -0.3 is 16.4 Å². The molecule has 108 valence electrons. The Bertz CT molecular complexity index is 467. The highest BCUT2D eigenvalue weighted by molar-refractivity contribution is 7.80. The van der Waals surface area contributed by atoms with Crippen molar-refractivity contribution in [1.29, 1.82) is 0 Å². The van der Waals surface area contributed by atoms with Gasteiger partial charge in [0.1, 0.15) is 4.99 Å². The van der Waals surface area contributed by atoms with Crippen molar-refractivity contribution in [2.75, 3.05) is 0 Å². The van der Waals surface area contributed by atoms with Crippen molar-refractivity contribution in [2.45, 2.75) is 44.7 Å². The third-order valence-corrected chi connectivity index (χ3v) is 3.87. The third kappa shape index (κ3) is 4.49. The second kappa shape index (κ2) is 7.24. The molecule has 4 nitrogen and oxygen atoms in total. The second-order valence-electron chi connectivity index (χ2n) is 5.22. The number of nitrogens with two attached hydrogens (primary N) is 1. The van der Waals surface area contributed by atoms with E-state index >= 15 is 0 Å². The molecule has 0 aromatic heterocycles. The Balaban J connectivity index is 1.76. The standard InChI is InChI=1S/C15H21N3OS/c16-14(20)12-8-6-11(7-9-12)10-17-15(19)18-13-4-2-1-3-5-13/h6-9,13H,1-5,10H2,(H2,16,20)(H2,17,18,19). The summed E-state index contributed by atoms with van der Waals surface area (Å²) in [6.07, 6.45) is 5.90. The number of thiocarbonyl (C=S) groups is 1. The number of carbonyl (C=O) groups is 1. The molecule has 0 bridgehead atoms. The number of urea groups is 1. The summed E-state index contributed by atoms with van der Waals surface area (Å²) in [7, 11) is 0. The minimum atomic E-state index is -0.0877. The largest absolute Gasteiger partial charge is 0.389 e. The van der Waals surface area contributed by atoms with Crippen LogP contribution in [0, 0.1) is 0 Å². The van der Waals surface area contributed by atoms with Gasteiger partial charge in [-0.05, 0) is 18.4 Å². The van der Waals surface area contributed by atoms with Gasteiger partial charge in [0, 0.05) is 18.2 Å². The van der Waals surface area contributed by atoms with Gasteiger partial charge in [-0.2, -0.15) is 0 Å². The second-order valence-corrected chi connectivity index (χ2v) is 5.66. The molecule has 4 N–H and O–H groups in total. The third-order valence-electron chi connectivity index (χ3n) is 3.63. The molecule has 1 saturated carbocycles. The zero-order valence-corrected chi connectivity index (χ0v) is 12.3. The van der Waals surface area contributed by atoms with Crippen LogP contribution in [-0.2, 0) is 6.54 Å². The van der Waals surface area contributed by atoms with Crippen LogP contribution in [0.15, 0.2) is 24.3 Å². The first-order chi connectivity index (χ1) is 9.65. The van der Waals surface area contributed by atoms with E-state index in [0.29, 0.717) is 17.6 Å². The Kier molecular flexibility index (Phi) is 5.35. The van der Waals surface area contributed by atoms with Crippen LogP contribution >= 0.6 is 12.2 Å². The SMILES string of the molecule is NC(=S)c1ccc(CNC(=O)NC2CCCCC2)cc1. The van der Waals surface area contributed by atoms with E-state index in [0.717, 1.165) is 24.0 Å². The lowest BCUT2D eigenvalue weighted by molar-refractivity contribution is 0.232. The molecule has 5 heteroatoms. The fourth-order valence-corrected chi connectivity index (χ4v) is 2.59. The molecule has 0 heterocycles. The van der Waals surface area contributed by atoms with E-state index in [1.165, 1.54) is 19.3 Å². The van der Waals surface area contributed by atoms with Gasteiger partial charge in [0.05, 0.1) is 0 Å². The molecule has 1 aromatic carbocycles. The highest BCUT2D eigenvalue weighted by Crippen LogP contribution is 2.17. The van der Waals surface area contributed by atoms with Gasteiger partial charge in [-0.25, -0.2) is 4.79 Å². The Labute approximate surface area is 125 Å². The highest BCUT2D eigenvalue weighted by Gasteiger charge is 2.15. The van der Waals surface area contributed by atoms with Gasteiger partial charge in [0.15, 0.2) is 0 Å². The van der Waals surface area contributed by atoms with Crippen molar-refractivity contribution in [3.05, 3.63) is 35.4 Å². The van der Waals surface area contributed by atoms with Crippen LogP contribution in [-0.4, -0.2) is 17.1 Å². The quantitative estimate of drug-likeness (QED) is 0.747. The fourth-order valence-electron chi connectivity index (χ4n) is 2.45. The molecule has 1 aliphatic carbocycles. The lowest BCUT2D eigenvalue weighted by Crippen LogP contribution is -2.42. The molecule has 1 aromatic rings. The molecular formula is C15H21N3OS. The topological polar surface area (TPSA) is 67.1 Å². The Hall–Kier alpha value is -1.62. The average Bonchev–Trinajstić information content (AvgIpc) is 2.46. The van der Waals surface area contributed by atoms with Gasteiger partial charge in [-0.15, -0.1) is 0 Å². The minimum absolute atomic E-state index is 0.0877. The van der Waals surface area contributed by atoms with E-state index in [4.69, 9.17) is 18.0 Å². The van der Waals surface area contributed by atoms with E-state index < -0.39 is 0 Å². The molecule has 2 rings (SSSR count). The minimum Gasteiger partial charge on any atom is -0.389 e. The van der Waals surface area contributed by atoms with Gasteiger partial charge in [0.25, 0.3) is 0 Å². The Morgan fingerprint density at radius 3 is 2.45 bits per heavy atom. The Morgan fingerprint density at radius 2 is 1.85 bits per heavy atom. The van der Waals surface area contributed by atoms with Crippen molar-refractivity contribution in [3.63, 3.8) is 0 Å².